The summed E-state index contributed by atoms with van der Waals surface area (Å²) in [5.74, 6) is 0.619. The first-order chi connectivity index (χ1) is 12.2. The Bertz CT molecular complexity index is 913. The first-order valence-electron chi connectivity index (χ1n) is 7.65. The first kappa shape index (κ1) is 15.6. The molecular formula is C17H13ClN4O3. The summed E-state index contributed by atoms with van der Waals surface area (Å²) < 4.78 is 12.5. The number of nitrogens with zero attached hydrogens (tertiary/aromatic N) is 4. The molecule has 1 aliphatic rings. The zero-order valence-corrected chi connectivity index (χ0v) is 13.8. The van der Waals surface area contributed by atoms with E-state index in [1.807, 2.05) is 30.3 Å². The second-order valence-corrected chi connectivity index (χ2v) is 5.95. The largest absolute Gasteiger partial charge is 0.478 e. The Labute approximate surface area is 148 Å². The second-order valence-electron chi connectivity index (χ2n) is 5.51. The normalized spacial score (nSPS) is 15.5. The number of fused-ring (bicyclic) bond motifs is 1. The number of carbonyl (C=O) groups excluding carboxylic acids is 1. The van der Waals surface area contributed by atoms with Crippen LogP contribution in [0.25, 0.3) is 5.69 Å². The van der Waals surface area contributed by atoms with E-state index in [4.69, 9.17) is 21.1 Å². The lowest BCUT2D eigenvalue weighted by Crippen LogP contribution is -2.27. The SMILES string of the molecule is O=C(OCc1nnnn1-c1ccccc1)[C@@H]1Cc2cc(Cl)ccc2O1. The molecule has 1 aliphatic heterocycles. The highest BCUT2D eigenvalue weighted by Crippen LogP contribution is 2.31. The quantitative estimate of drug-likeness (QED) is 0.668. The van der Waals surface area contributed by atoms with E-state index in [1.165, 1.54) is 4.68 Å². The lowest BCUT2D eigenvalue weighted by molar-refractivity contribution is -0.152. The first-order valence-corrected chi connectivity index (χ1v) is 8.03. The Morgan fingerprint density at radius 3 is 2.96 bits per heavy atom. The van der Waals surface area contributed by atoms with E-state index < -0.39 is 12.1 Å². The average Bonchev–Trinajstić information content (AvgIpc) is 3.26. The predicted octanol–water partition coefficient (Wildman–Crippen LogP) is 2.36. The van der Waals surface area contributed by atoms with Gasteiger partial charge in [-0.1, -0.05) is 29.8 Å². The molecular weight excluding hydrogens is 344 g/mol. The van der Waals surface area contributed by atoms with E-state index >= 15 is 0 Å². The number of aromatic nitrogens is 4. The summed E-state index contributed by atoms with van der Waals surface area (Å²) >= 11 is 5.96. The van der Waals surface area contributed by atoms with Crippen LogP contribution < -0.4 is 4.74 Å². The van der Waals surface area contributed by atoms with Gasteiger partial charge in [0.1, 0.15) is 5.75 Å². The Hall–Kier alpha value is -2.93. The maximum atomic E-state index is 12.3. The van der Waals surface area contributed by atoms with E-state index in [0.717, 1.165) is 11.3 Å². The molecule has 0 bridgehead atoms. The standard InChI is InChI=1S/C17H13ClN4O3/c18-12-6-7-14-11(8-12)9-15(25-14)17(23)24-10-16-19-20-21-22(16)13-4-2-1-3-5-13/h1-8,15H,9-10H2/t15-/m0/s1. The van der Waals surface area contributed by atoms with Crippen molar-refractivity contribution < 1.29 is 14.3 Å². The van der Waals surface area contributed by atoms with E-state index in [1.54, 1.807) is 18.2 Å². The van der Waals surface area contributed by atoms with Gasteiger partial charge in [0.15, 0.2) is 18.5 Å². The molecule has 1 atom stereocenters. The van der Waals surface area contributed by atoms with Crippen LogP contribution in [-0.2, 0) is 22.6 Å². The maximum Gasteiger partial charge on any atom is 0.348 e. The highest BCUT2D eigenvalue weighted by molar-refractivity contribution is 6.30. The molecule has 0 spiro atoms. The smallest absolute Gasteiger partial charge is 0.348 e. The minimum Gasteiger partial charge on any atom is -0.478 e. The third-order valence-electron chi connectivity index (χ3n) is 3.84. The Kier molecular flexibility index (Phi) is 4.07. The molecule has 0 aliphatic carbocycles. The van der Waals surface area contributed by atoms with Crippen LogP contribution in [-0.4, -0.2) is 32.3 Å². The molecule has 0 unspecified atom stereocenters. The number of carbonyl (C=O) groups is 1. The third kappa shape index (κ3) is 3.18. The Balaban J connectivity index is 1.42. The number of para-hydroxylation sites is 1. The molecule has 2 aromatic carbocycles. The average molecular weight is 357 g/mol. The van der Waals surface area contributed by atoms with Crippen molar-refractivity contribution in [2.24, 2.45) is 0 Å². The van der Waals surface area contributed by atoms with Crippen LogP contribution in [0.4, 0.5) is 0 Å². The minimum atomic E-state index is -0.686. The van der Waals surface area contributed by atoms with Crippen molar-refractivity contribution in [2.75, 3.05) is 0 Å². The lowest BCUT2D eigenvalue weighted by Gasteiger charge is -2.10. The summed E-state index contributed by atoms with van der Waals surface area (Å²) in [6.45, 7) is -0.0440. The molecule has 126 valence electrons. The zero-order valence-electron chi connectivity index (χ0n) is 13.0. The fourth-order valence-corrected chi connectivity index (χ4v) is 2.84. The number of esters is 1. The van der Waals surface area contributed by atoms with Crippen molar-refractivity contribution in [1.29, 1.82) is 0 Å². The fourth-order valence-electron chi connectivity index (χ4n) is 2.64. The third-order valence-corrected chi connectivity index (χ3v) is 4.07. The van der Waals surface area contributed by atoms with E-state index in [9.17, 15) is 4.79 Å². The molecule has 0 fully saturated rings. The molecule has 2 heterocycles. The zero-order chi connectivity index (χ0) is 17.2. The highest BCUT2D eigenvalue weighted by Gasteiger charge is 2.31. The van der Waals surface area contributed by atoms with Gasteiger partial charge >= 0.3 is 5.97 Å². The van der Waals surface area contributed by atoms with Crippen molar-refractivity contribution in [2.45, 2.75) is 19.1 Å². The van der Waals surface area contributed by atoms with Crippen molar-refractivity contribution in [3.05, 3.63) is 64.9 Å². The second kappa shape index (κ2) is 6.52. The number of benzene rings is 2. The highest BCUT2D eigenvalue weighted by atomic mass is 35.5. The minimum absolute atomic E-state index is 0.0440. The van der Waals surface area contributed by atoms with Crippen LogP contribution in [0, 0.1) is 0 Å². The van der Waals surface area contributed by atoms with E-state index in [0.29, 0.717) is 23.0 Å². The van der Waals surface area contributed by atoms with Gasteiger partial charge in [-0.2, -0.15) is 4.68 Å². The number of hydrogen-bond donors (Lipinski definition) is 0. The molecule has 0 N–H and O–H groups in total. The van der Waals surface area contributed by atoms with E-state index in [-0.39, 0.29) is 6.61 Å². The predicted molar refractivity (Wildman–Crippen MR) is 88.5 cm³/mol. The molecule has 7 nitrogen and oxygen atoms in total. The monoisotopic (exact) mass is 356 g/mol. The van der Waals surface area contributed by atoms with Crippen LogP contribution in [0.5, 0.6) is 5.75 Å². The molecule has 1 aromatic heterocycles. The summed E-state index contributed by atoms with van der Waals surface area (Å²) in [6, 6.07) is 14.6. The Morgan fingerprint density at radius 2 is 2.12 bits per heavy atom. The number of rotatable bonds is 4. The van der Waals surface area contributed by atoms with Gasteiger partial charge in [0.2, 0.25) is 0 Å². The van der Waals surface area contributed by atoms with Crippen molar-refractivity contribution in [1.82, 2.24) is 20.2 Å². The fraction of sp³-hybridized carbons (Fsp3) is 0.176. The topological polar surface area (TPSA) is 79.1 Å². The molecule has 0 amide bonds. The summed E-state index contributed by atoms with van der Waals surface area (Å²) in [6.07, 6.45) is -0.257. The maximum absolute atomic E-state index is 12.3. The van der Waals surface area contributed by atoms with Gasteiger partial charge in [0.25, 0.3) is 0 Å². The molecule has 8 heteroatoms. The Morgan fingerprint density at radius 1 is 1.28 bits per heavy atom. The number of tetrazole rings is 1. The molecule has 25 heavy (non-hydrogen) atoms. The number of hydrogen-bond acceptors (Lipinski definition) is 6. The van der Waals surface area contributed by atoms with Gasteiger partial charge in [-0.25, -0.2) is 4.79 Å². The molecule has 4 rings (SSSR count). The van der Waals surface area contributed by atoms with Gasteiger partial charge < -0.3 is 9.47 Å². The number of ether oxygens (including phenoxy) is 2. The van der Waals surface area contributed by atoms with Crippen molar-refractivity contribution >= 4 is 17.6 Å². The summed E-state index contributed by atoms with van der Waals surface area (Å²) in [5, 5.41) is 12.1. The van der Waals surface area contributed by atoms with Crippen molar-refractivity contribution in [3.8, 4) is 11.4 Å². The molecule has 0 saturated carbocycles. The van der Waals surface area contributed by atoms with Gasteiger partial charge in [0, 0.05) is 11.4 Å². The van der Waals surface area contributed by atoms with Gasteiger partial charge in [-0.3, -0.25) is 0 Å². The van der Waals surface area contributed by atoms with Crippen LogP contribution in [0.3, 0.4) is 0 Å². The van der Waals surface area contributed by atoms with E-state index in [2.05, 4.69) is 15.5 Å². The van der Waals surface area contributed by atoms with Gasteiger partial charge in [0.05, 0.1) is 5.69 Å². The molecule has 3 aromatic rings. The van der Waals surface area contributed by atoms with Gasteiger partial charge in [-0.05, 0) is 46.3 Å². The summed E-state index contributed by atoms with van der Waals surface area (Å²) in [4.78, 5) is 12.3. The van der Waals surface area contributed by atoms with Crippen LogP contribution >= 0.6 is 11.6 Å². The lowest BCUT2D eigenvalue weighted by atomic mass is 10.1. The van der Waals surface area contributed by atoms with Crippen LogP contribution in [0.2, 0.25) is 5.02 Å². The number of halogens is 1. The van der Waals surface area contributed by atoms with Crippen molar-refractivity contribution in [3.63, 3.8) is 0 Å². The van der Waals surface area contributed by atoms with Crippen LogP contribution in [0.15, 0.2) is 48.5 Å². The van der Waals surface area contributed by atoms with Crippen LogP contribution in [0.1, 0.15) is 11.4 Å². The molecule has 0 saturated heterocycles. The summed E-state index contributed by atoms with van der Waals surface area (Å²) in [7, 11) is 0. The van der Waals surface area contributed by atoms with Gasteiger partial charge in [-0.15, -0.1) is 5.10 Å². The molecule has 0 radical (unpaired) electrons. The summed E-state index contributed by atoms with van der Waals surface area (Å²) in [5.41, 5.74) is 1.68.